The van der Waals surface area contributed by atoms with E-state index in [1.54, 1.807) is 19.3 Å². The standard InChI is InChI=1S/C22H20ClNO2/c1-15(25)22(19-3-2-12-24-14-19)18-8-6-17(7-9-18)21(26)13-16-4-10-20(23)11-5-16/h2-12,14,21-22,26H,13H2,1H3. The molecule has 3 nitrogen and oxygen atoms in total. The Morgan fingerprint density at radius 3 is 2.23 bits per heavy atom. The molecule has 0 aliphatic rings. The molecule has 0 saturated carbocycles. The number of carbonyl (C=O) groups is 1. The molecule has 4 heteroatoms. The lowest BCUT2D eigenvalue weighted by atomic mass is 9.88. The van der Waals surface area contributed by atoms with Crippen molar-refractivity contribution < 1.29 is 9.90 Å². The number of aromatic nitrogens is 1. The maximum absolute atomic E-state index is 12.1. The molecule has 0 fully saturated rings. The minimum atomic E-state index is -0.612. The van der Waals surface area contributed by atoms with Crippen LogP contribution >= 0.6 is 11.6 Å². The Bertz CT molecular complexity index is 861. The Hall–Kier alpha value is -2.49. The highest BCUT2D eigenvalue weighted by Gasteiger charge is 2.19. The highest BCUT2D eigenvalue weighted by Crippen LogP contribution is 2.27. The molecule has 2 aromatic carbocycles. The van der Waals surface area contributed by atoms with E-state index in [2.05, 4.69) is 4.98 Å². The molecule has 0 bridgehead atoms. The van der Waals surface area contributed by atoms with Crippen LogP contribution in [-0.2, 0) is 11.2 Å². The number of benzene rings is 2. The second-order valence-electron chi connectivity index (χ2n) is 6.34. The maximum Gasteiger partial charge on any atom is 0.141 e. The van der Waals surface area contributed by atoms with Crippen molar-refractivity contribution in [3.05, 3.63) is 100 Å². The van der Waals surface area contributed by atoms with E-state index in [-0.39, 0.29) is 11.7 Å². The molecule has 1 heterocycles. The number of aliphatic hydroxyl groups excluding tert-OH is 1. The molecule has 3 rings (SSSR count). The number of ketones is 1. The second-order valence-corrected chi connectivity index (χ2v) is 6.78. The minimum absolute atomic E-state index is 0.0625. The number of pyridine rings is 1. The molecule has 26 heavy (non-hydrogen) atoms. The first-order valence-corrected chi connectivity index (χ1v) is 8.85. The quantitative estimate of drug-likeness (QED) is 0.686. The van der Waals surface area contributed by atoms with Crippen LogP contribution in [0.15, 0.2) is 73.1 Å². The van der Waals surface area contributed by atoms with Crippen LogP contribution in [0.1, 0.15) is 41.2 Å². The summed E-state index contributed by atoms with van der Waals surface area (Å²) in [4.78, 5) is 16.3. The summed E-state index contributed by atoms with van der Waals surface area (Å²) >= 11 is 5.89. The van der Waals surface area contributed by atoms with Crippen LogP contribution in [0.5, 0.6) is 0 Å². The molecular formula is C22H20ClNO2. The van der Waals surface area contributed by atoms with E-state index in [0.717, 1.165) is 22.3 Å². The smallest absolute Gasteiger partial charge is 0.141 e. The summed E-state index contributed by atoms with van der Waals surface area (Å²) in [6.45, 7) is 1.58. The van der Waals surface area contributed by atoms with Crippen LogP contribution in [0.3, 0.4) is 0 Å². The summed E-state index contributed by atoms with van der Waals surface area (Å²) in [5, 5.41) is 11.2. The molecule has 0 saturated heterocycles. The molecule has 1 aromatic heterocycles. The number of rotatable bonds is 6. The Morgan fingerprint density at radius 1 is 1.00 bits per heavy atom. The molecule has 2 unspecified atom stereocenters. The van der Waals surface area contributed by atoms with Crippen LogP contribution in [-0.4, -0.2) is 15.9 Å². The largest absolute Gasteiger partial charge is 0.388 e. The van der Waals surface area contributed by atoms with Gasteiger partial charge in [-0.25, -0.2) is 0 Å². The lowest BCUT2D eigenvalue weighted by Gasteiger charge is -2.16. The van der Waals surface area contributed by atoms with Gasteiger partial charge >= 0.3 is 0 Å². The molecule has 0 spiro atoms. The average molecular weight is 366 g/mol. The topological polar surface area (TPSA) is 50.2 Å². The van der Waals surface area contributed by atoms with Gasteiger partial charge in [-0.1, -0.05) is 54.1 Å². The fourth-order valence-electron chi connectivity index (χ4n) is 3.08. The Morgan fingerprint density at radius 2 is 1.65 bits per heavy atom. The van der Waals surface area contributed by atoms with Crippen molar-refractivity contribution in [2.45, 2.75) is 25.4 Å². The van der Waals surface area contributed by atoms with Crippen molar-refractivity contribution in [3.8, 4) is 0 Å². The number of nitrogens with zero attached hydrogens (tertiary/aromatic N) is 1. The van der Waals surface area contributed by atoms with Crippen molar-refractivity contribution >= 4 is 17.4 Å². The fraction of sp³-hybridized carbons (Fsp3) is 0.182. The van der Waals surface area contributed by atoms with E-state index in [1.165, 1.54) is 0 Å². The molecule has 0 aliphatic heterocycles. The van der Waals surface area contributed by atoms with E-state index in [4.69, 9.17) is 11.6 Å². The molecule has 0 aliphatic carbocycles. The van der Waals surface area contributed by atoms with Crippen molar-refractivity contribution in [2.24, 2.45) is 0 Å². The molecule has 2 atom stereocenters. The van der Waals surface area contributed by atoms with Gasteiger partial charge in [0.05, 0.1) is 12.0 Å². The third-order valence-electron chi connectivity index (χ3n) is 4.42. The Kier molecular flexibility index (Phi) is 5.82. The van der Waals surface area contributed by atoms with Crippen LogP contribution in [0.2, 0.25) is 5.02 Å². The first-order chi connectivity index (χ1) is 12.5. The molecule has 0 amide bonds. The fourth-order valence-corrected chi connectivity index (χ4v) is 3.21. The number of Topliss-reactive ketones (excluding diaryl/α,β-unsaturated/α-hetero) is 1. The highest BCUT2D eigenvalue weighted by atomic mass is 35.5. The zero-order valence-electron chi connectivity index (χ0n) is 14.5. The number of halogens is 1. The maximum atomic E-state index is 12.1. The van der Waals surface area contributed by atoms with Gasteiger partial charge in [0.1, 0.15) is 5.78 Å². The predicted octanol–water partition coefficient (Wildman–Crippen LogP) is 4.73. The van der Waals surface area contributed by atoms with Gasteiger partial charge in [0.2, 0.25) is 0 Å². The van der Waals surface area contributed by atoms with E-state index in [1.807, 2.05) is 60.7 Å². The summed E-state index contributed by atoms with van der Waals surface area (Å²) < 4.78 is 0. The lowest BCUT2D eigenvalue weighted by molar-refractivity contribution is -0.117. The summed E-state index contributed by atoms with van der Waals surface area (Å²) in [5.74, 6) is -0.279. The third kappa shape index (κ3) is 4.37. The van der Waals surface area contributed by atoms with Gasteiger partial charge in [-0.3, -0.25) is 9.78 Å². The molecule has 3 aromatic rings. The SMILES string of the molecule is CC(=O)C(c1ccc(C(O)Cc2ccc(Cl)cc2)cc1)c1cccnc1. The van der Waals surface area contributed by atoms with Crippen LogP contribution < -0.4 is 0 Å². The van der Waals surface area contributed by atoms with Gasteiger partial charge in [0.25, 0.3) is 0 Å². The number of aliphatic hydroxyl groups is 1. The number of hydrogen-bond donors (Lipinski definition) is 1. The van der Waals surface area contributed by atoms with Crippen molar-refractivity contribution in [2.75, 3.05) is 0 Å². The van der Waals surface area contributed by atoms with Gasteiger partial charge in [0.15, 0.2) is 0 Å². The van der Waals surface area contributed by atoms with Gasteiger partial charge in [-0.05, 0) is 47.4 Å². The number of hydrogen-bond acceptors (Lipinski definition) is 3. The minimum Gasteiger partial charge on any atom is -0.388 e. The first-order valence-electron chi connectivity index (χ1n) is 8.47. The van der Waals surface area contributed by atoms with Gasteiger partial charge in [-0.15, -0.1) is 0 Å². The Labute approximate surface area is 158 Å². The second kappa shape index (κ2) is 8.26. The van der Waals surface area contributed by atoms with Gasteiger partial charge in [-0.2, -0.15) is 0 Å². The van der Waals surface area contributed by atoms with Gasteiger partial charge < -0.3 is 5.11 Å². The lowest BCUT2D eigenvalue weighted by Crippen LogP contribution is -2.11. The normalized spacial score (nSPS) is 13.2. The van der Waals surface area contributed by atoms with Gasteiger partial charge in [0, 0.05) is 23.8 Å². The monoisotopic (exact) mass is 365 g/mol. The molecule has 1 N–H and O–H groups in total. The van der Waals surface area contributed by atoms with E-state index in [9.17, 15) is 9.90 Å². The zero-order chi connectivity index (χ0) is 18.5. The summed E-state index contributed by atoms with van der Waals surface area (Å²) in [6, 6.07) is 18.7. The van der Waals surface area contributed by atoms with Crippen LogP contribution in [0.25, 0.3) is 0 Å². The van der Waals surface area contributed by atoms with Crippen molar-refractivity contribution in [1.29, 1.82) is 0 Å². The van der Waals surface area contributed by atoms with E-state index < -0.39 is 6.10 Å². The first kappa shape index (κ1) is 18.3. The van der Waals surface area contributed by atoms with Crippen molar-refractivity contribution in [1.82, 2.24) is 4.98 Å². The van der Waals surface area contributed by atoms with Crippen LogP contribution in [0, 0.1) is 0 Å². The molecular weight excluding hydrogens is 346 g/mol. The highest BCUT2D eigenvalue weighted by molar-refractivity contribution is 6.30. The van der Waals surface area contributed by atoms with E-state index in [0.29, 0.717) is 11.4 Å². The van der Waals surface area contributed by atoms with Crippen LogP contribution in [0.4, 0.5) is 0 Å². The average Bonchev–Trinajstić information content (AvgIpc) is 2.65. The molecule has 132 valence electrons. The van der Waals surface area contributed by atoms with E-state index >= 15 is 0 Å². The number of carbonyl (C=O) groups excluding carboxylic acids is 1. The predicted molar refractivity (Wildman–Crippen MR) is 103 cm³/mol. The Balaban J connectivity index is 1.78. The summed E-state index contributed by atoms with van der Waals surface area (Å²) in [7, 11) is 0. The van der Waals surface area contributed by atoms with Crippen molar-refractivity contribution in [3.63, 3.8) is 0 Å². The molecule has 0 radical (unpaired) electrons. The zero-order valence-corrected chi connectivity index (χ0v) is 15.2. The third-order valence-corrected chi connectivity index (χ3v) is 4.67. The summed E-state index contributed by atoms with van der Waals surface area (Å²) in [5.41, 5.74) is 3.60. The summed E-state index contributed by atoms with van der Waals surface area (Å²) in [6.07, 6.45) is 3.31.